The molecule has 1 aromatic rings. The third-order valence-electron chi connectivity index (χ3n) is 7.50. The van der Waals surface area contributed by atoms with Crippen LogP contribution in [0.5, 0.6) is 5.75 Å². The molecule has 3 aliphatic rings. The number of phenols is 1. The first-order valence-electron chi connectivity index (χ1n) is 12.2. The molecule has 1 aromatic carbocycles. The fourth-order valence-electron chi connectivity index (χ4n) is 5.98. The third-order valence-corrected chi connectivity index (χ3v) is 7.50. The molecule has 7 heteroatoms. The van der Waals surface area contributed by atoms with E-state index < -0.39 is 7.12 Å². The maximum Gasteiger partial charge on any atom is 0.455 e. The number of amides is 2. The molecule has 4 atom stereocenters. The SMILES string of the molecule is CCCC1=C2[C@@H](CC/C(=C/c3cccc(O)c3)CC)OB(O)C[C@@H]2[C@@H]2C(=O)N(C)C(=O)[C@@H]2C1. The van der Waals surface area contributed by atoms with E-state index in [1.54, 1.807) is 19.2 Å². The van der Waals surface area contributed by atoms with Gasteiger partial charge in [-0.3, -0.25) is 14.5 Å². The normalized spacial score (nSPS) is 27.8. The van der Waals surface area contributed by atoms with Crippen LogP contribution in [0.3, 0.4) is 0 Å². The highest BCUT2D eigenvalue weighted by Gasteiger charge is 2.56. The maximum absolute atomic E-state index is 13.0. The number of allylic oxidation sites excluding steroid dienone is 2. The highest BCUT2D eigenvalue weighted by molar-refractivity contribution is 6.43. The predicted molar refractivity (Wildman–Crippen MR) is 128 cm³/mol. The van der Waals surface area contributed by atoms with Gasteiger partial charge in [0.1, 0.15) is 5.75 Å². The van der Waals surface area contributed by atoms with Crippen molar-refractivity contribution < 1.29 is 24.4 Å². The van der Waals surface area contributed by atoms with Crippen LogP contribution < -0.4 is 0 Å². The van der Waals surface area contributed by atoms with Crippen LogP contribution >= 0.6 is 0 Å². The largest absolute Gasteiger partial charge is 0.508 e. The molecule has 0 unspecified atom stereocenters. The summed E-state index contributed by atoms with van der Waals surface area (Å²) >= 11 is 0. The van der Waals surface area contributed by atoms with Crippen molar-refractivity contribution >= 4 is 25.0 Å². The van der Waals surface area contributed by atoms with Crippen LogP contribution in [0.1, 0.15) is 57.9 Å². The van der Waals surface area contributed by atoms with Gasteiger partial charge in [0.05, 0.1) is 17.9 Å². The number of imide groups is 1. The van der Waals surface area contributed by atoms with Gasteiger partial charge in [0.15, 0.2) is 0 Å². The van der Waals surface area contributed by atoms with Gasteiger partial charge in [0.2, 0.25) is 11.8 Å². The number of aromatic hydroxyl groups is 1. The van der Waals surface area contributed by atoms with Gasteiger partial charge in [-0.05, 0) is 67.6 Å². The van der Waals surface area contributed by atoms with Crippen LogP contribution in [0.25, 0.3) is 6.08 Å². The topological polar surface area (TPSA) is 87.1 Å². The molecule has 2 saturated heterocycles. The highest BCUT2D eigenvalue weighted by atomic mass is 16.5. The molecular formula is C26H34BNO5. The van der Waals surface area contributed by atoms with Crippen molar-refractivity contribution in [2.24, 2.45) is 17.8 Å². The van der Waals surface area contributed by atoms with Crippen molar-refractivity contribution in [2.75, 3.05) is 7.05 Å². The molecule has 33 heavy (non-hydrogen) atoms. The number of carbonyl (C=O) groups is 2. The molecule has 6 nitrogen and oxygen atoms in total. The number of rotatable bonds is 7. The summed E-state index contributed by atoms with van der Waals surface area (Å²) in [5.74, 6) is -0.784. The Labute approximate surface area is 196 Å². The lowest BCUT2D eigenvalue weighted by molar-refractivity contribution is -0.138. The molecule has 0 saturated carbocycles. The number of carbonyl (C=O) groups excluding carboxylic acids is 2. The Hall–Kier alpha value is -2.38. The summed E-state index contributed by atoms with van der Waals surface area (Å²) in [7, 11) is 0.647. The number of hydrogen-bond acceptors (Lipinski definition) is 5. The first-order valence-corrected chi connectivity index (χ1v) is 12.2. The van der Waals surface area contributed by atoms with Gasteiger partial charge in [-0.15, -0.1) is 0 Å². The van der Waals surface area contributed by atoms with Crippen molar-refractivity contribution in [3.8, 4) is 5.75 Å². The average Bonchev–Trinajstić information content (AvgIpc) is 3.00. The molecule has 2 heterocycles. The molecule has 0 aromatic heterocycles. The van der Waals surface area contributed by atoms with E-state index in [2.05, 4.69) is 19.9 Å². The summed E-state index contributed by atoms with van der Waals surface area (Å²) in [6, 6.07) is 7.20. The van der Waals surface area contributed by atoms with Gasteiger partial charge >= 0.3 is 7.12 Å². The van der Waals surface area contributed by atoms with Crippen LogP contribution in [0.15, 0.2) is 41.0 Å². The van der Waals surface area contributed by atoms with E-state index in [4.69, 9.17) is 4.65 Å². The van der Waals surface area contributed by atoms with E-state index in [-0.39, 0.29) is 41.4 Å². The number of hydrogen-bond donors (Lipinski definition) is 2. The zero-order chi connectivity index (χ0) is 23.7. The fraction of sp³-hybridized carbons (Fsp3) is 0.538. The quantitative estimate of drug-likeness (QED) is 0.369. The monoisotopic (exact) mass is 451 g/mol. The van der Waals surface area contributed by atoms with Gasteiger partial charge in [-0.2, -0.15) is 0 Å². The molecule has 2 aliphatic heterocycles. The molecular weight excluding hydrogens is 417 g/mol. The Bertz CT molecular complexity index is 987. The smallest absolute Gasteiger partial charge is 0.455 e. The number of phenolic OH excluding ortho intramolecular Hbond substituents is 1. The summed E-state index contributed by atoms with van der Waals surface area (Å²) < 4.78 is 6.05. The minimum absolute atomic E-state index is 0.0856. The molecule has 1 aliphatic carbocycles. The van der Waals surface area contributed by atoms with Crippen molar-refractivity contribution in [3.05, 3.63) is 46.5 Å². The van der Waals surface area contributed by atoms with Crippen LogP contribution in [-0.4, -0.2) is 47.1 Å². The maximum atomic E-state index is 13.0. The van der Waals surface area contributed by atoms with E-state index >= 15 is 0 Å². The highest BCUT2D eigenvalue weighted by Crippen LogP contribution is 2.51. The molecule has 4 rings (SSSR count). The zero-order valence-electron chi connectivity index (χ0n) is 19.8. The van der Waals surface area contributed by atoms with Gasteiger partial charge in [0.25, 0.3) is 0 Å². The lowest BCUT2D eigenvalue weighted by Gasteiger charge is -2.43. The lowest BCUT2D eigenvalue weighted by Crippen LogP contribution is -2.46. The molecule has 2 N–H and O–H groups in total. The fourth-order valence-corrected chi connectivity index (χ4v) is 5.98. The van der Waals surface area contributed by atoms with Crippen LogP contribution in [0, 0.1) is 17.8 Å². The summed E-state index contributed by atoms with van der Waals surface area (Å²) in [6.45, 7) is 4.24. The Morgan fingerprint density at radius 2 is 2.03 bits per heavy atom. The second-order valence-electron chi connectivity index (χ2n) is 9.59. The standard InChI is InChI=1S/C26H34BNO5/c1-4-7-18-14-20-24(26(31)28(3)25(20)30)21-15-27(32)33-22(23(18)21)11-10-16(5-2)12-17-8-6-9-19(29)13-17/h6,8-9,12-13,20-22,24,29,32H,4-5,7,10-11,14-15H2,1-3H3/b16-12+/t20-,21+,22-,24-/m1/s1. The Kier molecular flexibility index (Phi) is 7.10. The molecule has 0 radical (unpaired) electrons. The van der Waals surface area contributed by atoms with Gasteiger partial charge in [-0.1, -0.05) is 49.6 Å². The van der Waals surface area contributed by atoms with Crippen molar-refractivity contribution in [2.45, 2.75) is 64.8 Å². The average molecular weight is 451 g/mol. The van der Waals surface area contributed by atoms with E-state index in [1.165, 1.54) is 16.0 Å². The van der Waals surface area contributed by atoms with Gasteiger partial charge in [0, 0.05) is 7.05 Å². The summed E-state index contributed by atoms with van der Waals surface area (Å²) in [5, 5.41) is 20.3. The molecule has 2 fully saturated rings. The first-order chi connectivity index (χ1) is 15.8. The lowest BCUT2D eigenvalue weighted by atomic mass is 9.58. The van der Waals surface area contributed by atoms with Crippen molar-refractivity contribution in [1.29, 1.82) is 0 Å². The Morgan fingerprint density at radius 1 is 1.24 bits per heavy atom. The third kappa shape index (κ3) is 4.66. The van der Waals surface area contributed by atoms with E-state index in [0.29, 0.717) is 19.2 Å². The number of fused-ring (bicyclic) bond motifs is 3. The molecule has 0 spiro atoms. The van der Waals surface area contributed by atoms with Gasteiger partial charge < -0.3 is 14.8 Å². The van der Waals surface area contributed by atoms with Crippen LogP contribution in [0.4, 0.5) is 0 Å². The Morgan fingerprint density at radius 3 is 2.73 bits per heavy atom. The van der Waals surface area contributed by atoms with Crippen molar-refractivity contribution in [1.82, 2.24) is 4.90 Å². The summed E-state index contributed by atoms with van der Waals surface area (Å²) in [5.41, 5.74) is 4.59. The summed E-state index contributed by atoms with van der Waals surface area (Å²) in [4.78, 5) is 27.0. The second kappa shape index (κ2) is 9.86. The zero-order valence-corrected chi connectivity index (χ0v) is 19.8. The number of likely N-dealkylation sites (tertiary alicyclic amines) is 1. The minimum atomic E-state index is -0.931. The van der Waals surface area contributed by atoms with Crippen molar-refractivity contribution in [3.63, 3.8) is 0 Å². The second-order valence-corrected chi connectivity index (χ2v) is 9.59. The minimum Gasteiger partial charge on any atom is -0.508 e. The van der Waals surface area contributed by atoms with Crippen LogP contribution in [-0.2, 0) is 14.2 Å². The number of nitrogens with zero attached hydrogens (tertiary/aromatic N) is 1. The van der Waals surface area contributed by atoms with Gasteiger partial charge in [-0.25, -0.2) is 0 Å². The summed E-state index contributed by atoms with van der Waals surface area (Å²) in [6.07, 6.45) is 7.06. The molecule has 2 amide bonds. The van der Waals surface area contributed by atoms with E-state index in [9.17, 15) is 19.7 Å². The molecule has 0 bridgehead atoms. The molecule has 176 valence electrons. The van der Waals surface area contributed by atoms with E-state index in [0.717, 1.165) is 36.8 Å². The predicted octanol–water partition coefficient (Wildman–Crippen LogP) is 4.19. The van der Waals surface area contributed by atoms with Crippen LogP contribution in [0.2, 0.25) is 6.32 Å². The number of benzene rings is 1. The van der Waals surface area contributed by atoms with E-state index in [1.807, 2.05) is 12.1 Å². The Balaban J connectivity index is 1.61. The first kappa shape index (κ1) is 23.8.